The van der Waals surface area contributed by atoms with Gasteiger partial charge in [-0.05, 0) is 30.7 Å². The van der Waals surface area contributed by atoms with Crippen LogP contribution in [0.3, 0.4) is 0 Å². The molecule has 1 aromatic heterocycles. The van der Waals surface area contributed by atoms with Gasteiger partial charge in [-0.3, -0.25) is 0 Å². The molecule has 0 fully saturated rings. The average Bonchev–Trinajstić information content (AvgIpc) is 2.34. The number of carboxylic acids is 1. The average molecular weight is 282 g/mol. The molecule has 0 aliphatic rings. The molecule has 1 aromatic carbocycles. The Kier molecular flexibility index (Phi) is 3.62. The van der Waals surface area contributed by atoms with E-state index in [0.29, 0.717) is 11.3 Å². The first kappa shape index (κ1) is 13.2. The summed E-state index contributed by atoms with van der Waals surface area (Å²) in [4.78, 5) is 11.0. The van der Waals surface area contributed by atoms with Gasteiger partial charge in [0.25, 0.3) is 0 Å². The van der Waals surface area contributed by atoms with Crippen LogP contribution in [0.5, 0.6) is 0 Å². The van der Waals surface area contributed by atoms with E-state index in [1.54, 1.807) is 6.92 Å². The van der Waals surface area contributed by atoms with Crippen LogP contribution in [-0.4, -0.2) is 21.3 Å². The second-order valence-corrected chi connectivity index (χ2v) is 4.21. The molecule has 2 aromatic rings. The lowest BCUT2D eigenvalue weighted by atomic mass is 10.2. The molecule has 0 unspecified atom stereocenters. The maximum atomic E-state index is 13.0. The summed E-state index contributed by atoms with van der Waals surface area (Å²) in [5.41, 5.74) is 0.984. The van der Waals surface area contributed by atoms with E-state index in [-0.39, 0.29) is 22.2 Å². The first-order valence-corrected chi connectivity index (χ1v) is 5.64. The Hall–Kier alpha value is -2.21. The Morgan fingerprint density at radius 1 is 1.47 bits per heavy atom. The molecule has 0 aliphatic carbocycles. The number of nitrogens with zero attached hydrogens (tertiary/aromatic N) is 2. The molecule has 0 saturated carbocycles. The third-order valence-corrected chi connectivity index (χ3v) is 2.74. The number of hydrogen-bond donors (Lipinski definition) is 2. The highest BCUT2D eigenvalue weighted by Crippen LogP contribution is 2.28. The Balaban J connectivity index is 2.46. The molecule has 0 bridgehead atoms. The van der Waals surface area contributed by atoms with Gasteiger partial charge in [0.2, 0.25) is 0 Å². The van der Waals surface area contributed by atoms with E-state index >= 15 is 0 Å². The summed E-state index contributed by atoms with van der Waals surface area (Å²) in [7, 11) is 0. The molecule has 2 N–H and O–H groups in total. The molecule has 2 rings (SSSR count). The van der Waals surface area contributed by atoms with Crippen LogP contribution < -0.4 is 5.32 Å². The predicted molar refractivity (Wildman–Crippen MR) is 68.4 cm³/mol. The van der Waals surface area contributed by atoms with Crippen LogP contribution in [0.1, 0.15) is 16.1 Å². The maximum Gasteiger partial charge on any atom is 0.358 e. The normalized spacial score (nSPS) is 10.3. The van der Waals surface area contributed by atoms with Crippen LogP contribution in [-0.2, 0) is 0 Å². The third-order valence-electron chi connectivity index (χ3n) is 2.46. The van der Waals surface area contributed by atoms with E-state index in [1.165, 1.54) is 24.4 Å². The summed E-state index contributed by atoms with van der Waals surface area (Å²) >= 11 is 5.90. The molecule has 5 nitrogen and oxygen atoms in total. The first-order valence-electron chi connectivity index (χ1n) is 5.26. The smallest absolute Gasteiger partial charge is 0.358 e. The van der Waals surface area contributed by atoms with Crippen molar-refractivity contribution in [2.45, 2.75) is 6.92 Å². The number of rotatable bonds is 3. The molecule has 1 heterocycles. The van der Waals surface area contributed by atoms with Crippen LogP contribution >= 0.6 is 11.6 Å². The summed E-state index contributed by atoms with van der Waals surface area (Å²) in [5, 5.41) is 19.0. The fourth-order valence-electron chi connectivity index (χ4n) is 1.54. The highest BCUT2D eigenvalue weighted by Gasteiger charge is 2.16. The van der Waals surface area contributed by atoms with Crippen molar-refractivity contribution in [3.8, 4) is 0 Å². The highest BCUT2D eigenvalue weighted by molar-refractivity contribution is 6.33. The second-order valence-electron chi connectivity index (χ2n) is 3.81. The number of anilines is 2. The van der Waals surface area contributed by atoms with E-state index in [4.69, 9.17) is 16.7 Å². The third kappa shape index (κ3) is 2.79. The van der Waals surface area contributed by atoms with Crippen molar-refractivity contribution in [2.75, 3.05) is 5.32 Å². The summed E-state index contributed by atoms with van der Waals surface area (Å²) < 4.78 is 13.0. The van der Waals surface area contributed by atoms with Crippen LogP contribution in [0.4, 0.5) is 15.8 Å². The molecule has 0 aliphatic heterocycles. The van der Waals surface area contributed by atoms with Gasteiger partial charge in [-0.2, -0.15) is 5.10 Å². The maximum absolute atomic E-state index is 13.0. The monoisotopic (exact) mass is 281 g/mol. The molecular formula is C12H9ClFN3O2. The number of halogens is 2. The van der Waals surface area contributed by atoms with E-state index in [2.05, 4.69) is 15.5 Å². The van der Waals surface area contributed by atoms with E-state index < -0.39 is 5.97 Å². The number of nitrogens with one attached hydrogen (secondary N) is 1. The number of aromatic nitrogens is 2. The quantitative estimate of drug-likeness (QED) is 0.904. The van der Waals surface area contributed by atoms with Crippen molar-refractivity contribution in [2.24, 2.45) is 0 Å². The number of benzene rings is 1. The largest absolute Gasteiger partial charge is 0.476 e. The van der Waals surface area contributed by atoms with Crippen molar-refractivity contribution < 1.29 is 14.3 Å². The topological polar surface area (TPSA) is 75.1 Å². The Morgan fingerprint density at radius 3 is 2.84 bits per heavy atom. The van der Waals surface area contributed by atoms with E-state index in [0.717, 1.165) is 0 Å². The van der Waals surface area contributed by atoms with Crippen LogP contribution in [0.2, 0.25) is 5.02 Å². The Labute approximate surface area is 113 Å². The Bertz CT molecular complexity index is 649. The molecule has 7 heteroatoms. The van der Waals surface area contributed by atoms with Gasteiger partial charge in [0.05, 0.1) is 16.9 Å². The Morgan fingerprint density at radius 2 is 2.21 bits per heavy atom. The van der Waals surface area contributed by atoms with Crippen molar-refractivity contribution in [1.82, 2.24) is 10.2 Å². The van der Waals surface area contributed by atoms with Gasteiger partial charge in [-0.1, -0.05) is 11.6 Å². The highest BCUT2D eigenvalue weighted by atomic mass is 35.5. The summed E-state index contributed by atoms with van der Waals surface area (Å²) in [6.07, 6.45) is 1.23. The number of carboxylic acid groups (broad SMARTS) is 1. The predicted octanol–water partition coefficient (Wildman–Crippen LogP) is 3.02. The van der Waals surface area contributed by atoms with Gasteiger partial charge in [0.15, 0.2) is 5.69 Å². The van der Waals surface area contributed by atoms with Crippen molar-refractivity contribution in [3.05, 3.63) is 46.5 Å². The summed E-state index contributed by atoms with van der Waals surface area (Å²) in [5.74, 6) is -1.63. The summed E-state index contributed by atoms with van der Waals surface area (Å²) in [6.45, 7) is 1.69. The van der Waals surface area contributed by atoms with Gasteiger partial charge in [-0.25, -0.2) is 9.18 Å². The van der Waals surface area contributed by atoms with Crippen LogP contribution in [0, 0.1) is 12.7 Å². The number of aryl methyl sites for hydroxylation is 1. The molecule has 0 atom stereocenters. The molecule has 19 heavy (non-hydrogen) atoms. The lowest BCUT2D eigenvalue weighted by Gasteiger charge is -2.12. The van der Waals surface area contributed by atoms with Gasteiger partial charge >= 0.3 is 5.97 Å². The van der Waals surface area contributed by atoms with Gasteiger partial charge < -0.3 is 10.4 Å². The molecular weight excluding hydrogens is 273 g/mol. The van der Waals surface area contributed by atoms with E-state index in [9.17, 15) is 9.18 Å². The van der Waals surface area contributed by atoms with Gasteiger partial charge in [0, 0.05) is 5.69 Å². The lowest BCUT2D eigenvalue weighted by Crippen LogP contribution is -2.08. The molecule has 0 radical (unpaired) electrons. The van der Waals surface area contributed by atoms with Gasteiger partial charge in [-0.15, -0.1) is 5.10 Å². The van der Waals surface area contributed by atoms with E-state index in [1.807, 2.05) is 0 Å². The summed E-state index contributed by atoms with van der Waals surface area (Å²) in [6, 6.07) is 4.08. The standard InChI is InChI=1S/C12H9ClFN3O2/c1-6-4-7(14)2-3-9(6)16-10-8(13)5-15-17-11(10)12(18)19/h2-5H,1H3,(H,15,16)(H,18,19). The number of carbonyl (C=O) groups is 1. The SMILES string of the molecule is Cc1cc(F)ccc1Nc1c(Cl)cnnc1C(=O)O. The molecule has 0 amide bonds. The fraction of sp³-hybridized carbons (Fsp3) is 0.0833. The lowest BCUT2D eigenvalue weighted by molar-refractivity contribution is 0.0690. The van der Waals surface area contributed by atoms with Crippen LogP contribution in [0.25, 0.3) is 0 Å². The van der Waals surface area contributed by atoms with Crippen molar-refractivity contribution in [3.63, 3.8) is 0 Å². The number of hydrogen-bond acceptors (Lipinski definition) is 4. The molecule has 0 spiro atoms. The van der Waals surface area contributed by atoms with Gasteiger partial charge in [0.1, 0.15) is 5.82 Å². The van der Waals surface area contributed by atoms with Crippen molar-refractivity contribution >= 4 is 28.9 Å². The van der Waals surface area contributed by atoms with Crippen molar-refractivity contribution in [1.29, 1.82) is 0 Å². The minimum Gasteiger partial charge on any atom is -0.476 e. The molecule has 0 saturated heterocycles. The zero-order chi connectivity index (χ0) is 14.0. The zero-order valence-corrected chi connectivity index (χ0v) is 10.6. The van der Waals surface area contributed by atoms with Crippen LogP contribution in [0.15, 0.2) is 24.4 Å². The fourth-order valence-corrected chi connectivity index (χ4v) is 1.72. The minimum atomic E-state index is -1.25. The second kappa shape index (κ2) is 5.19. The molecule has 98 valence electrons. The minimum absolute atomic E-state index is 0.121. The zero-order valence-electron chi connectivity index (χ0n) is 9.82. The number of aromatic carboxylic acids is 1. The first-order chi connectivity index (χ1) is 8.99.